The number of piperazine rings is 1. The van der Waals surface area contributed by atoms with Gasteiger partial charge in [0.15, 0.2) is 0 Å². The molecule has 0 radical (unpaired) electrons. The molecule has 0 unspecified atom stereocenters. The molecule has 20 heavy (non-hydrogen) atoms. The number of rotatable bonds is 3. The first-order valence-electron chi connectivity index (χ1n) is 6.73. The van der Waals surface area contributed by atoms with E-state index in [1.165, 1.54) is 4.90 Å². The predicted octanol–water partition coefficient (Wildman–Crippen LogP) is -0.261. The zero-order valence-corrected chi connectivity index (χ0v) is 11.5. The highest BCUT2D eigenvalue weighted by molar-refractivity contribution is 5.83. The fourth-order valence-electron chi connectivity index (χ4n) is 2.19. The summed E-state index contributed by atoms with van der Waals surface area (Å²) in [5, 5.41) is 0. The van der Waals surface area contributed by atoms with Crippen molar-refractivity contribution in [3.63, 3.8) is 0 Å². The van der Waals surface area contributed by atoms with Crippen LogP contribution >= 0.6 is 0 Å². The molecule has 112 valence electrons. The Labute approximate surface area is 117 Å². The van der Waals surface area contributed by atoms with Crippen LogP contribution in [0.3, 0.4) is 0 Å². The van der Waals surface area contributed by atoms with Crippen LogP contribution in [0.2, 0.25) is 0 Å². The summed E-state index contributed by atoms with van der Waals surface area (Å²) in [6, 6.07) is 0. The molecule has 3 amide bonds. The summed E-state index contributed by atoms with van der Waals surface area (Å²) in [5.74, 6) is -0.118. The molecule has 2 fully saturated rings. The topological polar surface area (TPSA) is 79.4 Å². The summed E-state index contributed by atoms with van der Waals surface area (Å²) in [6.07, 6.45) is -0.786. The van der Waals surface area contributed by atoms with Crippen LogP contribution in [-0.4, -0.2) is 85.3 Å². The highest BCUT2D eigenvalue weighted by atomic mass is 16.6. The van der Waals surface area contributed by atoms with E-state index in [1.807, 2.05) is 0 Å². The lowest BCUT2D eigenvalue weighted by Gasteiger charge is -2.34. The highest BCUT2D eigenvalue weighted by Crippen LogP contribution is 2.07. The Morgan fingerprint density at radius 1 is 1.15 bits per heavy atom. The summed E-state index contributed by atoms with van der Waals surface area (Å²) in [4.78, 5) is 39.5. The summed E-state index contributed by atoms with van der Waals surface area (Å²) < 4.78 is 9.69. The van der Waals surface area contributed by atoms with Gasteiger partial charge in [0.25, 0.3) is 0 Å². The third-order valence-corrected chi connectivity index (χ3v) is 3.33. The molecule has 0 aromatic heterocycles. The molecule has 8 heteroatoms. The van der Waals surface area contributed by atoms with Gasteiger partial charge in [-0.1, -0.05) is 0 Å². The van der Waals surface area contributed by atoms with E-state index in [0.717, 1.165) is 0 Å². The molecule has 8 nitrogen and oxygen atoms in total. The van der Waals surface area contributed by atoms with Crippen molar-refractivity contribution in [2.24, 2.45) is 0 Å². The van der Waals surface area contributed by atoms with Gasteiger partial charge < -0.3 is 19.3 Å². The van der Waals surface area contributed by atoms with Gasteiger partial charge in [-0.05, 0) is 6.92 Å². The first-order valence-corrected chi connectivity index (χ1v) is 6.73. The quantitative estimate of drug-likeness (QED) is 0.714. The SMILES string of the molecule is CCOC(=O)N1CCN(C(=O)CN2CCOC2=O)CC1. The van der Waals surface area contributed by atoms with E-state index in [1.54, 1.807) is 16.7 Å². The maximum absolute atomic E-state index is 12.0. The maximum atomic E-state index is 12.0. The fourth-order valence-corrected chi connectivity index (χ4v) is 2.19. The minimum Gasteiger partial charge on any atom is -0.450 e. The van der Waals surface area contributed by atoms with Gasteiger partial charge in [-0.15, -0.1) is 0 Å². The van der Waals surface area contributed by atoms with Crippen LogP contribution in [0.15, 0.2) is 0 Å². The number of nitrogens with zero attached hydrogens (tertiary/aromatic N) is 3. The van der Waals surface area contributed by atoms with E-state index in [-0.39, 0.29) is 18.5 Å². The monoisotopic (exact) mass is 285 g/mol. The Morgan fingerprint density at radius 3 is 2.35 bits per heavy atom. The average Bonchev–Trinajstić information content (AvgIpc) is 2.85. The number of hydrogen-bond donors (Lipinski definition) is 0. The molecule has 0 atom stereocenters. The van der Waals surface area contributed by atoms with E-state index in [9.17, 15) is 14.4 Å². The van der Waals surface area contributed by atoms with Crippen LogP contribution in [0.1, 0.15) is 6.92 Å². The van der Waals surface area contributed by atoms with Crippen molar-refractivity contribution in [2.75, 3.05) is 52.5 Å². The summed E-state index contributed by atoms with van der Waals surface area (Å²) in [5.41, 5.74) is 0. The lowest BCUT2D eigenvalue weighted by atomic mass is 10.3. The maximum Gasteiger partial charge on any atom is 0.410 e. The van der Waals surface area contributed by atoms with Crippen molar-refractivity contribution < 1.29 is 23.9 Å². The Bertz CT molecular complexity index is 393. The average molecular weight is 285 g/mol. The largest absolute Gasteiger partial charge is 0.450 e. The summed E-state index contributed by atoms with van der Waals surface area (Å²) in [7, 11) is 0. The Kier molecular flexibility index (Phi) is 4.65. The van der Waals surface area contributed by atoms with Crippen LogP contribution in [-0.2, 0) is 14.3 Å². The smallest absolute Gasteiger partial charge is 0.410 e. The third-order valence-electron chi connectivity index (χ3n) is 3.33. The second-order valence-corrected chi connectivity index (χ2v) is 4.60. The first kappa shape index (κ1) is 14.4. The van der Waals surface area contributed by atoms with Crippen molar-refractivity contribution in [3.8, 4) is 0 Å². The van der Waals surface area contributed by atoms with E-state index >= 15 is 0 Å². The van der Waals surface area contributed by atoms with Crippen LogP contribution in [0.25, 0.3) is 0 Å². The number of hydrogen-bond acceptors (Lipinski definition) is 5. The Balaban J connectivity index is 1.77. The lowest BCUT2D eigenvalue weighted by molar-refractivity contribution is -0.133. The van der Waals surface area contributed by atoms with Gasteiger partial charge in [-0.3, -0.25) is 9.69 Å². The van der Waals surface area contributed by atoms with Crippen LogP contribution in [0.5, 0.6) is 0 Å². The van der Waals surface area contributed by atoms with E-state index < -0.39 is 6.09 Å². The van der Waals surface area contributed by atoms with E-state index in [2.05, 4.69) is 0 Å². The molecular formula is C12H19N3O5. The van der Waals surface area contributed by atoms with E-state index in [0.29, 0.717) is 45.9 Å². The second-order valence-electron chi connectivity index (χ2n) is 4.60. The molecule has 0 aliphatic carbocycles. The van der Waals surface area contributed by atoms with Gasteiger partial charge in [-0.2, -0.15) is 0 Å². The molecule has 2 aliphatic rings. The number of carbonyl (C=O) groups excluding carboxylic acids is 3. The van der Waals surface area contributed by atoms with Crippen LogP contribution < -0.4 is 0 Å². The minimum absolute atomic E-state index is 0.0399. The Morgan fingerprint density at radius 2 is 1.80 bits per heavy atom. The number of carbonyl (C=O) groups is 3. The van der Waals surface area contributed by atoms with Crippen LogP contribution in [0.4, 0.5) is 9.59 Å². The molecule has 2 heterocycles. The highest BCUT2D eigenvalue weighted by Gasteiger charge is 2.29. The zero-order chi connectivity index (χ0) is 14.5. The molecular weight excluding hydrogens is 266 g/mol. The molecule has 2 rings (SSSR count). The van der Waals surface area contributed by atoms with Gasteiger partial charge in [0, 0.05) is 26.2 Å². The normalized spacial score (nSPS) is 19.1. The molecule has 2 saturated heterocycles. The molecule has 2 aliphatic heterocycles. The minimum atomic E-state index is -0.441. The zero-order valence-electron chi connectivity index (χ0n) is 11.5. The van der Waals surface area contributed by atoms with Gasteiger partial charge in [0.05, 0.1) is 13.2 Å². The number of ether oxygens (including phenoxy) is 2. The van der Waals surface area contributed by atoms with Crippen molar-refractivity contribution in [1.29, 1.82) is 0 Å². The molecule has 0 aromatic carbocycles. The lowest BCUT2D eigenvalue weighted by Crippen LogP contribution is -2.52. The van der Waals surface area contributed by atoms with Gasteiger partial charge in [-0.25, -0.2) is 9.59 Å². The summed E-state index contributed by atoms with van der Waals surface area (Å²) >= 11 is 0. The first-order chi connectivity index (χ1) is 9.61. The van der Waals surface area contributed by atoms with Crippen molar-refractivity contribution in [1.82, 2.24) is 14.7 Å². The predicted molar refractivity (Wildman–Crippen MR) is 68.1 cm³/mol. The van der Waals surface area contributed by atoms with E-state index in [4.69, 9.17) is 9.47 Å². The van der Waals surface area contributed by atoms with Crippen molar-refractivity contribution in [2.45, 2.75) is 6.92 Å². The number of amides is 3. The van der Waals surface area contributed by atoms with Crippen molar-refractivity contribution >= 4 is 18.1 Å². The molecule has 0 saturated carbocycles. The van der Waals surface area contributed by atoms with Crippen LogP contribution in [0, 0.1) is 0 Å². The molecule has 0 bridgehead atoms. The Hall–Kier alpha value is -1.99. The summed E-state index contributed by atoms with van der Waals surface area (Å²) in [6.45, 7) is 4.75. The van der Waals surface area contributed by atoms with Crippen molar-refractivity contribution in [3.05, 3.63) is 0 Å². The van der Waals surface area contributed by atoms with Gasteiger partial charge >= 0.3 is 12.2 Å². The van der Waals surface area contributed by atoms with Gasteiger partial charge in [0.1, 0.15) is 13.2 Å². The molecule has 0 N–H and O–H groups in total. The number of cyclic esters (lactones) is 1. The molecule has 0 aromatic rings. The molecule has 0 spiro atoms. The second kappa shape index (κ2) is 6.44. The standard InChI is InChI=1S/C12H19N3O5/c1-2-19-11(17)14-5-3-13(4-6-14)10(16)9-15-7-8-20-12(15)18/h2-9H2,1H3. The fraction of sp³-hybridized carbons (Fsp3) is 0.750. The van der Waals surface area contributed by atoms with Gasteiger partial charge in [0.2, 0.25) is 5.91 Å². The third kappa shape index (κ3) is 3.31.